The second-order valence-electron chi connectivity index (χ2n) is 5.18. The van der Waals surface area contributed by atoms with E-state index in [-0.39, 0.29) is 23.5 Å². The molecule has 10 heteroatoms. The molecular formula is C16H16N2O6S2. The van der Waals surface area contributed by atoms with E-state index in [1.165, 1.54) is 35.6 Å². The van der Waals surface area contributed by atoms with Gasteiger partial charge in [0, 0.05) is 12.1 Å². The Morgan fingerprint density at radius 3 is 2.35 bits per heavy atom. The molecule has 0 unspecified atom stereocenters. The largest absolute Gasteiger partial charge is 0.456 e. The first-order valence-corrected chi connectivity index (χ1v) is 9.83. The number of anilines is 1. The molecule has 2 aromatic rings. The van der Waals surface area contributed by atoms with Gasteiger partial charge in [-0.3, -0.25) is 14.4 Å². The van der Waals surface area contributed by atoms with E-state index in [1.54, 1.807) is 17.5 Å². The molecule has 26 heavy (non-hydrogen) atoms. The molecule has 0 atom stereocenters. The van der Waals surface area contributed by atoms with Crippen molar-refractivity contribution in [1.82, 2.24) is 0 Å². The third-order valence-corrected chi connectivity index (χ3v) is 5.02. The van der Waals surface area contributed by atoms with E-state index in [1.807, 2.05) is 0 Å². The highest BCUT2D eigenvalue weighted by atomic mass is 32.2. The molecule has 138 valence electrons. The Bertz CT molecular complexity index is 889. The van der Waals surface area contributed by atoms with Crippen molar-refractivity contribution in [2.75, 3.05) is 11.9 Å². The van der Waals surface area contributed by atoms with Crippen molar-refractivity contribution in [3.05, 3.63) is 46.7 Å². The number of amides is 1. The number of esters is 1. The van der Waals surface area contributed by atoms with Gasteiger partial charge in [0.25, 0.3) is 5.91 Å². The minimum absolute atomic E-state index is 0.00991. The lowest BCUT2D eigenvalue weighted by Gasteiger charge is -2.07. The van der Waals surface area contributed by atoms with Crippen molar-refractivity contribution in [3.63, 3.8) is 0 Å². The third-order valence-electron chi connectivity index (χ3n) is 3.18. The zero-order valence-corrected chi connectivity index (χ0v) is 15.1. The van der Waals surface area contributed by atoms with Crippen LogP contribution in [0.3, 0.4) is 0 Å². The molecular weight excluding hydrogens is 380 g/mol. The number of hydrogen-bond acceptors (Lipinski definition) is 7. The highest BCUT2D eigenvalue weighted by Gasteiger charge is 2.13. The van der Waals surface area contributed by atoms with Gasteiger partial charge in [-0.25, -0.2) is 13.6 Å². The van der Waals surface area contributed by atoms with Crippen LogP contribution in [0.25, 0.3) is 0 Å². The Labute approximate surface area is 154 Å². The van der Waals surface area contributed by atoms with Gasteiger partial charge in [0.15, 0.2) is 12.4 Å². The summed E-state index contributed by atoms with van der Waals surface area (Å²) in [7, 11) is -3.81. The van der Waals surface area contributed by atoms with Crippen molar-refractivity contribution >= 4 is 44.7 Å². The highest BCUT2D eigenvalue weighted by Crippen LogP contribution is 2.13. The van der Waals surface area contributed by atoms with E-state index < -0.39 is 28.5 Å². The molecule has 0 aliphatic carbocycles. The van der Waals surface area contributed by atoms with Crippen LogP contribution in [-0.4, -0.2) is 32.7 Å². The summed E-state index contributed by atoms with van der Waals surface area (Å²) in [5.74, 6) is -1.41. The second-order valence-corrected chi connectivity index (χ2v) is 7.69. The minimum atomic E-state index is -3.81. The summed E-state index contributed by atoms with van der Waals surface area (Å²) in [6.07, 6.45) is -0.108. The van der Waals surface area contributed by atoms with E-state index in [2.05, 4.69) is 5.32 Å². The van der Waals surface area contributed by atoms with Crippen molar-refractivity contribution in [2.24, 2.45) is 5.14 Å². The van der Waals surface area contributed by atoms with E-state index in [4.69, 9.17) is 9.88 Å². The topological polar surface area (TPSA) is 133 Å². The van der Waals surface area contributed by atoms with Gasteiger partial charge in [0.05, 0.1) is 16.2 Å². The predicted molar refractivity (Wildman–Crippen MR) is 95.3 cm³/mol. The van der Waals surface area contributed by atoms with Crippen LogP contribution in [-0.2, 0) is 24.3 Å². The summed E-state index contributed by atoms with van der Waals surface area (Å²) in [4.78, 5) is 35.6. The molecule has 0 aliphatic heterocycles. The molecule has 1 aromatic carbocycles. The predicted octanol–water partition coefficient (Wildman–Crippen LogP) is 1.54. The van der Waals surface area contributed by atoms with E-state index in [0.717, 1.165) is 0 Å². The fraction of sp³-hybridized carbons (Fsp3) is 0.188. The number of nitrogens with two attached hydrogens (primary N) is 1. The fourth-order valence-corrected chi connectivity index (χ4v) is 3.13. The van der Waals surface area contributed by atoms with Crippen LogP contribution in [0.1, 0.15) is 22.5 Å². The molecule has 1 heterocycles. The molecule has 1 aromatic heterocycles. The number of Topliss-reactive ketones (excluding diaryl/α,β-unsaturated/α-hetero) is 1. The van der Waals surface area contributed by atoms with E-state index in [9.17, 15) is 22.8 Å². The van der Waals surface area contributed by atoms with Gasteiger partial charge < -0.3 is 10.1 Å². The number of ether oxygens (including phenoxy) is 1. The maximum absolute atomic E-state index is 11.8. The fourth-order valence-electron chi connectivity index (χ4n) is 1.92. The van der Waals surface area contributed by atoms with Crippen LogP contribution in [0.5, 0.6) is 0 Å². The highest BCUT2D eigenvalue weighted by molar-refractivity contribution is 7.89. The van der Waals surface area contributed by atoms with Crippen LogP contribution in [0.2, 0.25) is 0 Å². The molecule has 1 amide bonds. The maximum atomic E-state index is 11.8. The zero-order chi connectivity index (χ0) is 19.2. The Kier molecular flexibility index (Phi) is 6.61. The number of ketones is 1. The average Bonchev–Trinajstić information content (AvgIpc) is 3.12. The van der Waals surface area contributed by atoms with Crippen LogP contribution in [0.4, 0.5) is 5.69 Å². The molecule has 0 aliphatic rings. The average molecular weight is 396 g/mol. The molecule has 8 nitrogen and oxygen atoms in total. The Balaban J connectivity index is 1.74. The molecule has 0 spiro atoms. The first-order valence-electron chi connectivity index (χ1n) is 7.41. The van der Waals surface area contributed by atoms with Crippen LogP contribution >= 0.6 is 11.3 Å². The number of thiophene rings is 1. The second kappa shape index (κ2) is 8.70. The van der Waals surface area contributed by atoms with Gasteiger partial charge in [-0.15, -0.1) is 11.3 Å². The van der Waals surface area contributed by atoms with Crippen molar-refractivity contribution < 1.29 is 27.5 Å². The number of carbonyl (C=O) groups is 3. The summed E-state index contributed by atoms with van der Waals surface area (Å²) < 4.78 is 27.1. The lowest BCUT2D eigenvalue weighted by molar-refractivity contribution is -0.147. The van der Waals surface area contributed by atoms with E-state index >= 15 is 0 Å². The molecule has 0 radical (unpaired) electrons. The first kappa shape index (κ1) is 19.8. The number of nitrogens with one attached hydrogen (secondary N) is 1. The normalized spacial score (nSPS) is 11.0. The maximum Gasteiger partial charge on any atom is 0.306 e. The lowest BCUT2D eigenvalue weighted by Crippen LogP contribution is -2.21. The Hall–Kier alpha value is -2.56. The zero-order valence-electron chi connectivity index (χ0n) is 13.5. The lowest BCUT2D eigenvalue weighted by atomic mass is 10.2. The number of carbonyl (C=O) groups excluding carboxylic acids is 3. The molecule has 0 bridgehead atoms. The molecule has 0 fully saturated rings. The van der Waals surface area contributed by atoms with Crippen molar-refractivity contribution in [2.45, 2.75) is 17.7 Å². The van der Waals surface area contributed by atoms with Gasteiger partial charge in [0.1, 0.15) is 0 Å². The summed E-state index contributed by atoms with van der Waals surface area (Å²) in [5, 5.41) is 9.19. The molecule has 3 N–H and O–H groups in total. The first-order chi connectivity index (χ1) is 12.3. The van der Waals surface area contributed by atoms with Gasteiger partial charge in [-0.05, 0) is 35.7 Å². The number of hydrogen-bond donors (Lipinski definition) is 2. The summed E-state index contributed by atoms with van der Waals surface area (Å²) in [5.41, 5.74) is 0.325. The quantitative estimate of drug-likeness (QED) is 0.514. The van der Waals surface area contributed by atoms with Gasteiger partial charge in [-0.2, -0.15) is 0 Å². The van der Waals surface area contributed by atoms with Crippen LogP contribution in [0, 0.1) is 0 Å². The Morgan fingerprint density at radius 2 is 1.77 bits per heavy atom. The summed E-state index contributed by atoms with van der Waals surface area (Å²) >= 11 is 1.29. The SMILES string of the molecule is NS(=O)(=O)c1ccc(NC(=O)COC(=O)CCC(=O)c2cccs2)cc1. The number of rotatable bonds is 8. The standard InChI is InChI=1S/C16H16N2O6S2/c17-26(22,23)12-5-3-11(4-6-12)18-15(20)10-24-16(21)8-7-13(19)14-2-1-9-25-14/h1-6,9H,7-8,10H2,(H,18,20)(H2,17,22,23). The smallest absolute Gasteiger partial charge is 0.306 e. The minimum Gasteiger partial charge on any atom is -0.456 e. The van der Waals surface area contributed by atoms with Gasteiger partial charge in [0.2, 0.25) is 10.0 Å². The molecule has 0 saturated heterocycles. The Morgan fingerprint density at radius 1 is 1.08 bits per heavy atom. The number of benzene rings is 1. The van der Waals surface area contributed by atoms with Gasteiger partial charge >= 0.3 is 5.97 Å². The monoisotopic (exact) mass is 396 g/mol. The van der Waals surface area contributed by atoms with Crippen molar-refractivity contribution in [3.8, 4) is 0 Å². The summed E-state index contributed by atoms with van der Waals surface area (Å²) in [6.45, 7) is -0.511. The van der Waals surface area contributed by atoms with Crippen LogP contribution in [0.15, 0.2) is 46.7 Å². The van der Waals surface area contributed by atoms with Gasteiger partial charge in [-0.1, -0.05) is 6.07 Å². The number of primary sulfonamides is 1. The van der Waals surface area contributed by atoms with Crippen LogP contribution < -0.4 is 10.5 Å². The van der Waals surface area contributed by atoms with Crippen molar-refractivity contribution in [1.29, 1.82) is 0 Å². The van der Waals surface area contributed by atoms with E-state index in [0.29, 0.717) is 10.6 Å². The summed E-state index contributed by atoms with van der Waals surface area (Å²) in [6, 6.07) is 8.63. The molecule has 0 saturated carbocycles. The third kappa shape index (κ3) is 6.06. The number of sulfonamides is 1. The molecule has 2 rings (SSSR count).